The van der Waals surface area contributed by atoms with Crippen molar-refractivity contribution < 1.29 is 5.11 Å². The van der Waals surface area contributed by atoms with Crippen molar-refractivity contribution in [3.8, 4) is 0 Å². The number of hydrogen-bond acceptors (Lipinski definition) is 3. The Morgan fingerprint density at radius 3 is 2.80 bits per heavy atom. The van der Waals surface area contributed by atoms with Gasteiger partial charge < -0.3 is 10.8 Å². The summed E-state index contributed by atoms with van der Waals surface area (Å²) in [5, 5.41) is 10.8. The van der Waals surface area contributed by atoms with Crippen molar-refractivity contribution >= 4 is 0 Å². The number of fused-ring (bicyclic) bond motifs is 1. The van der Waals surface area contributed by atoms with E-state index in [0.717, 1.165) is 31.1 Å². The van der Waals surface area contributed by atoms with E-state index >= 15 is 0 Å². The summed E-state index contributed by atoms with van der Waals surface area (Å²) in [4.78, 5) is 2.42. The van der Waals surface area contributed by atoms with Crippen LogP contribution in [0.1, 0.15) is 31.7 Å². The zero-order valence-electron chi connectivity index (χ0n) is 12.4. The highest BCUT2D eigenvalue weighted by Gasteiger charge is 2.49. The molecule has 1 aromatic carbocycles. The predicted molar refractivity (Wildman–Crippen MR) is 81.3 cm³/mol. The van der Waals surface area contributed by atoms with Crippen molar-refractivity contribution in [2.24, 2.45) is 17.1 Å². The Balaban J connectivity index is 1.70. The van der Waals surface area contributed by atoms with Crippen molar-refractivity contribution in [3.63, 3.8) is 0 Å². The lowest BCUT2D eigenvalue weighted by Gasteiger charge is -2.31. The molecule has 3 rings (SSSR count). The fourth-order valence-corrected chi connectivity index (χ4v) is 4.30. The molecule has 3 N–H and O–H groups in total. The van der Waals surface area contributed by atoms with Crippen LogP contribution < -0.4 is 5.73 Å². The van der Waals surface area contributed by atoms with Gasteiger partial charge in [0.05, 0.1) is 5.60 Å². The average Bonchev–Trinajstić information content (AvgIpc) is 2.96. The molecule has 1 aliphatic carbocycles. The van der Waals surface area contributed by atoms with Crippen LogP contribution in [0.15, 0.2) is 30.3 Å². The van der Waals surface area contributed by atoms with Gasteiger partial charge in [0.1, 0.15) is 0 Å². The number of nitrogens with zero attached hydrogens (tertiary/aromatic N) is 1. The van der Waals surface area contributed by atoms with Crippen molar-refractivity contribution in [1.82, 2.24) is 4.90 Å². The summed E-state index contributed by atoms with van der Waals surface area (Å²) in [5.74, 6) is 0.735. The van der Waals surface area contributed by atoms with Gasteiger partial charge in [0, 0.05) is 19.6 Å². The van der Waals surface area contributed by atoms with E-state index in [1.165, 1.54) is 19.3 Å². The van der Waals surface area contributed by atoms with E-state index < -0.39 is 5.60 Å². The van der Waals surface area contributed by atoms with Gasteiger partial charge in [0.2, 0.25) is 0 Å². The summed E-state index contributed by atoms with van der Waals surface area (Å²) >= 11 is 0. The van der Waals surface area contributed by atoms with Crippen molar-refractivity contribution in [2.45, 2.75) is 31.8 Å². The molecule has 1 aliphatic heterocycles. The highest BCUT2D eigenvalue weighted by molar-refractivity contribution is 5.22. The molecule has 3 heteroatoms. The molecule has 20 heavy (non-hydrogen) atoms. The standard InChI is InChI=1S/C17H26N2O/c1-16(20,14-6-3-2-4-7-14)12-19-10-15-8-5-9-17(15,11-18)13-19/h2-4,6-7,15,20H,5,8-13,18H2,1H3/t15-,16?,17-/m0/s1. The number of β-amino-alcohol motifs (C(OH)–C–C–N with tert-alkyl or cyclic N) is 1. The molecule has 0 amide bonds. The van der Waals surface area contributed by atoms with Gasteiger partial charge in [-0.3, -0.25) is 4.90 Å². The highest BCUT2D eigenvalue weighted by atomic mass is 16.3. The molecular weight excluding hydrogens is 248 g/mol. The second-order valence-corrected chi connectivity index (χ2v) is 6.97. The molecule has 0 aromatic heterocycles. The number of rotatable bonds is 4. The van der Waals surface area contributed by atoms with E-state index in [4.69, 9.17) is 5.73 Å². The van der Waals surface area contributed by atoms with Crippen LogP contribution in [0.5, 0.6) is 0 Å². The lowest BCUT2D eigenvalue weighted by atomic mass is 9.81. The minimum atomic E-state index is -0.782. The van der Waals surface area contributed by atoms with E-state index in [-0.39, 0.29) is 0 Å². The van der Waals surface area contributed by atoms with E-state index in [1.807, 2.05) is 37.3 Å². The molecule has 0 bridgehead atoms. The Hall–Kier alpha value is -0.900. The van der Waals surface area contributed by atoms with Crippen molar-refractivity contribution in [1.29, 1.82) is 0 Å². The summed E-state index contributed by atoms with van der Waals surface area (Å²) in [6, 6.07) is 9.99. The smallest absolute Gasteiger partial charge is 0.0994 e. The van der Waals surface area contributed by atoms with Crippen molar-refractivity contribution in [3.05, 3.63) is 35.9 Å². The van der Waals surface area contributed by atoms with E-state index in [2.05, 4.69) is 4.90 Å². The molecule has 1 unspecified atom stereocenters. The van der Waals surface area contributed by atoms with Crippen LogP contribution in [0.2, 0.25) is 0 Å². The Morgan fingerprint density at radius 2 is 2.15 bits per heavy atom. The third-order valence-corrected chi connectivity index (χ3v) is 5.44. The zero-order valence-corrected chi connectivity index (χ0v) is 12.4. The maximum absolute atomic E-state index is 10.8. The van der Waals surface area contributed by atoms with Crippen molar-refractivity contribution in [2.75, 3.05) is 26.2 Å². The maximum Gasteiger partial charge on any atom is 0.0994 e. The fourth-order valence-electron chi connectivity index (χ4n) is 4.30. The van der Waals surface area contributed by atoms with E-state index in [0.29, 0.717) is 12.0 Å². The lowest BCUT2D eigenvalue weighted by molar-refractivity contribution is 0.0189. The van der Waals surface area contributed by atoms with Crippen LogP contribution in [0, 0.1) is 11.3 Å². The number of benzene rings is 1. The SMILES string of the molecule is CC(O)(CN1C[C@@H]2CCC[C@]2(CN)C1)c1ccccc1. The first-order valence-electron chi connectivity index (χ1n) is 7.76. The Bertz CT molecular complexity index is 459. The first-order chi connectivity index (χ1) is 9.56. The molecular formula is C17H26N2O. The van der Waals surface area contributed by atoms with Gasteiger partial charge in [0.15, 0.2) is 0 Å². The molecule has 2 aliphatic rings. The zero-order chi connectivity index (χ0) is 14.2. The minimum Gasteiger partial charge on any atom is -0.384 e. The average molecular weight is 274 g/mol. The molecule has 0 radical (unpaired) electrons. The van der Waals surface area contributed by atoms with Crippen LogP contribution in [0.25, 0.3) is 0 Å². The monoisotopic (exact) mass is 274 g/mol. The predicted octanol–water partition coefficient (Wildman–Crippen LogP) is 1.95. The van der Waals surface area contributed by atoms with Gasteiger partial charge in [-0.05, 0) is 43.2 Å². The first kappa shape index (κ1) is 14.1. The Morgan fingerprint density at radius 1 is 1.40 bits per heavy atom. The quantitative estimate of drug-likeness (QED) is 0.882. The van der Waals surface area contributed by atoms with Gasteiger partial charge >= 0.3 is 0 Å². The molecule has 110 valence electrons. The Labute approximate surface area is 121 Å². The largest absolute Gasteiger partial charge is 0.384 e. The van der Waals surface area contributed by atoms with Gasteiger partial charge in [-0.1, -0.05) is 36.8 Å². The summed E-state index contributed by atoms with van der Waals surface area (Å²) in [5.41, 5.74) is 6.60. The Kier molecular flexibility index (Phi) is 3.61. The second kappa shape index (κ2) is 5.14. The van der Waals surface area contributed by atoms with Crippen LogP contribution in [-0.4, -0.2) is 36.2 Å². The summed E-state index contributed by atoms with van der Waals surface area (Å²) < 4.78 is 0. The van der Waals surface area contributed by atoms with Crippen LogP contribution in [0.4, 0.5) is 0 Å². The topological polar surface area (TPSA) is 49.5 Å². The molecule has 0 spiro atoms. The number of likely N-dealkylation sites (tertiary alicyclic amines) is 1. The molecule has 3 nitrogen and oxygen atoms in total. The van der Waals surface area contributed by atoms with Crippen LogP contribution in [0.3, 0.4) is 0 Å². The van der Waals surface area contributed by atoms with Crippen LogP contribution in [-0.2, 0) is 5.60 Å². The molecule has 1 saturated carbocycles. The second-order valence-electron chi connectivity index (χ2n) is 6.97. The number of nitrogens with two attached hydrogens (primary N) is 1. The summed E-state index contributed by atoms with van der Waals surface area (Å²) in [6.45, 7) is 5.57. The molecule has 2 fully saturated rings. The molecule has 1 saturated heterocycles. The van der Waals surface area contributed by atoms with Gasteiger partial charge in [-0.2, -0.15) is 0 Å². The van der Waals surface area contributed by atoms with E-state index in [9.17, 15) is 5.11 Å². The lowest BCUT2D eigenvalue weighted by Crippen LogP contribution is -2.40. The highest BCUT2D eigenvalue weighted by Crippen LogP contribution is 2.48. The first-order valence-corrected chi connectivity index (χ1v) is 7.76. The van der Waals surface area contributed by atoms with Gasteiger partial charge in [0.25, 0.3) is 0 Å². The normalized spacial score (nSPS) is 33.0. The summed E-state index contributed by atoms with van der Waals surface area (Å²) in [7, 11) is 0. The third kappa shape index (κ3) is 2.39. The molecule has 1 aromatic rings. The van der Waals surface area contributed by atoms with Crippen LogP contribution >= 0.6 is 0 Å². The summed E-state index contributed by atoms with van der Waals surface area (Å²) in [6.07, 6.45) is 3.89. The minimum absolute atomic E-state index is 0.326. The molecule has 1 heterocycles. The number of hydrogen-bond donors (Lipinski definition) is 2. The van der Waals surface area contributed by atoms with Gasteiger partial charge in [-0.25, -0.2) is 0 Å². The fraction of sp³-hybridized carbons (Fsp3) is 0.647. The third-order valence-electron chi connectivity index (χ3n) is 5.44. The maximum atomic E-state index is 10.8. The van der Waals surface area contributed by atoms with E-state index in [1.54, 1.807) is 0 Å². The number of aliphatic hydroxyl groups is 1. The van der Waals surface area contributed by atoms with Gasteiger partial charge in [-0.15, -0.1) is 0 Å². The molecule has 3 atom stereocenters.